The fraction of sp³-hybridized carbons (Fsp3) is 0.125. The number of pyridine rings is 1. The van der Waals surface area contributed by atoms with Crippen LogP contribution in [0, 0.1) is 0 Å². The zero-order valence-corrected chi connectivity index (χ0v) is 14.9. The third kappa shape index (κ3) is 3.42. The highest BCUT2D eigenvalue weighted by molar-refractivity contribution is 7.90. The summed E-state index contributed by atoms with van der Waals surface area (Å²) in [5.41, 5.74) is 1.82. The molecule has 9 heteroatoms. The molecular weight excluding hydrogens is 362 g/mol. The number of carbonyl (C=O) groups is 1. The van der Waals surface area contributed by atoms with Crippen LogP contribution in [-0.4, -0.2) is 40.5 Å². The molecule has 130 valence electrons. The average molecular weight is 377 g/mol. The highest BCUT2D eigenvalue weighted by Gasteiger charge is 2.23. The maximum Gasteiger partial charge on any atom is 0.407 e. The van der Waals surface area contributed by atoms with Crippen molar-refractivity contribution in [2.45, 2.75) is 11.4 Å². The molecule has 0 spiro atoms. The predicted molar refractivity (Wildman–Crippen MR) is 94.1 cm³/mol. The Hall–Kier alpha value is -2.65. The summed E-state index contributed by atoms with van der Waals surface area (Å²) in [6.07, 6.45) is 3.16. The normalized spacial score (nSPS) is 11.4. The van der Waals surface area contributed by atoms with E-state index in [0.717, 1.165) is 10.5 Å². The fourth-order valence-electron chi connectivity index (χ4n) is 2.36. The van der Waals surface area contributed by atoms with Crippen LogP contribution in [0.3, 0.4) is 0 Å². The van der Waals surface area contributed by atoms with Crippen molar-refractivity contribution >= 4 is 27.5 Å². The smallest absolute Gasteiger partial charge is 0.407 e. The molecule has 25 heavy (non-hydrogen) atoms. The second-order valence-electron chi connectivity index (χ2n) is 5.37. The van der Waals surface area contributed by atoms with Crippen LogP contribution in [0.5, 0.6) is 0 Å². The summed E-state index contributed by atoms with van der Waals surface area (Å²) in [6, 6.07) is 6.54. The number of amides is 1. The lowest BCUT2D eigenvalue weighted by molar-refractivity contribution is 0.154. The van der Waals surface area contributed by atoms with Gasteiger partial charge in [-0.3, -0.25) is 4.98 Å². The van der Waals surface area contributed by atoms with E-state index in [2.05, 4.69) is 4.98 Å². The molecule has 0 aromatic carbocycles. The van der Waals surface area contributed by atoms with E-state index >= 15 is 0 Å². The van der Waals surface area contributed by atoms with E-state index in [9.17, 15) is 13.2 Å². The average Bonchev–Trinajstić information content (AvgIpc) is 3.24. The number of hydrogen-bond donors (Lipinski definition) is 1. The number of aromatic nitrogens is 2. The van der Waals surface area contributed by atoms with E-state index < -0.39 is 16.1 Å². The van der Waals surface area contributed by atoms with Gasteiger partial charge in [-0.05, 0) is 35.2 Å². The van der Waals surface area contributed by atoms with Crippen LogP contribution in [0.15, 0.2) is 58.5 Å². The third-order valence-electron chi connectivity index (χ3n) is 3.60. The minimum absolute atomic E-state index is 0.0696. The van der Waals surface area contributed by atoms with Gasteiger partial charge in [0, 0.05) is 36.6 Å². The molecule has 0 unspecified atom stereocenters. The highest BCUT2D eigenvalue weighted by atomic mass is 32.2. The summed E-state index contributed by atoms with van der Waals surface area (Å²) in [5.74, 6) is 0. The number of nitrogens with zero attached hydrogens (tertiary/aromatic N) is 3. The third-order valence-corrected chi connectivity index (χ3v) is 5.94. The van der Waals surface area contributed by atoms with Crippen molar-refractivity contribution in [1.82, 2.24) is 13.9 Å². The Kier molecular flexibility index (Phi) is 4.60. The van der Waals surface area contributed by atoms with Crippen LogP contribution >= 0.6 is 11.3 Å². The number of carboxylic acid groups (broad SMARTS) is 1. The van der Waals surface area contributed by atoms with E-state index in [-0.39, 0.29) is 11.4 Å². The molecule has 0 radical (unpaired) electrons. The summed E-state index contributed by atoms with van der Waals surface area (Å²) in [5, 5.41) is 12.7. The van der Waals surface area contributed by atoms with Gasteiger partial charge in [0.15, 0.2) is 0 Å². The second kappa shape index (κ2) is 6.69. The van der Waals surface area contributed by atoms with E-state index in [4.69, 9.17) is 5.11 Å². The van der Waals surface area contributed by atoms with Crippen LogP contribution in [0.2, 0.25) is 0 Å². The molecule has 0 aliphatic rings. The molecule has 0 saturated carbocycles. The molecule has 0 fully saturated rings. The van der Waals surface area contributed by atoms with Crippen LogP contribution in [0.25, 0.3) is 11.3 Å². The fourth-order valence-corrected chi connectivity index (χ4v) is 4.37. The molecule has 0 saturated heterocycles. The van der Waals surface area contributed by atoms with Gasteiger partial charge in [-0.15, -0.1) is 0 Å². The number of hydrogen-bond acceptors (Lipinski definition) is 5. The number of thiophene rings is 1. The molecule has 3 aromatic rings. The van der Waals surface area contributed by atoms with Crippen molar-refractivity contribution in [2.24, 2.45) is 0 Å². The Bertz CT molecular complexity index is 980. The monoisotopic (exact) mass is 377 g/mol. The molecule has 3 rings (SSSR count). The minimum atomic E-state index is -3.84. The van der Waals surface area contributed by atoms with E-state index in [1.54, 1.807) is 12.1 Å². The van der Waals surface area contributed by atoms with Crippen LogP contribution in [0.1, 0.15) is 5.56 Å². The summed E-state index contributed by atoms with van der Waals surface area (Å²) in [6.45, 7) is 0.0853. The molecule has 3 aromatic heterocycles. The largest absolute Gasteiger partial charge is 0.465 e. The van der Waals surface area contributed by atoms with Gasteiger partial charge in [0.25, 0.3) is 10.0 Å². The molecule has 0 aliphatic carbocycles. The topological polar surface area (TPSA) is 92.5 Å². The first-order valence-corrected chi connectivity index (χ1v) is 9.61. The first kappa shape index (κ1) is 17.2. The maximum atomic E-state index is 13.0. The van der Waals surface area contributed by atoms with Gasteiger partial charge >= 0.3 is 6.09 Å². The zero-order valence-electron chi connectivity index (χ0n) is 13.2. The summed E-state index contributed by atoms with van der Waals surface area (Å²) in [7, 11) is -2.41. The Morgan fingerprint density at radius 2 is 2.20 bits per heavy atom. The second-order valence-corrected chi connectivity index (χ2v) is 7.97. The quantitative estimate of drug-likeness (QED) is 0.738. The van der Waals surface area contributed by atoms with Crippen LogP contribution < -0.4 is 0 Å². The van der Waals surface area contributed by atoms with E-state index in [1.807, 2.05) is 16.8 Å². The van der Waals surface area contributed by atoms with Gasteiger partial charge in [0.05, 0.1) is 12.2 Å². The standard InChI is InChI=1S/C16H15N3O4S2/c1-18(16(20)21)9-12-7-15(13-4-6-24-11-13)19(10-12)25(22,23)14-3-2-5-17-8-14/h2-8,10-11H,9H2,1H3,(H,20,21). The molecule has 0 aliphatic heterocycles. The summed E-state index contributed by atoms with van der Waals surface area (Å²) < 4.78 is 27.1. The molecule has 0 bridgehead atoms. The molecule has 3 heterocycles. The van der Waals surface area contributed by atoms with E-state index in [0.29, 0.717) is 11.3 Å². The number of rotatable bonds is 5. The molecular formula is C16H15N3O4S2. The Morgan fingerprint density at radius 3 is 2.80 bits per heavy atom. The molecule has 1 amide bonds. The summed E-state index contributed by atoms with van der Waals surface area (Å²) in [4.78, 5) is 16.1. The summed E-state index contributed by atoms with van der Waals surface area (Å²) >= 11 is 1.45. The van der Waals surface area contributed by atoms with Crippen molar-refractivity contribution in [3.05, 3.63) is 59.2 Å². The first-order chi connectivity index (χ1) is 11.9. The Labute approximate surface area is 148 Å². The van der Waals surface area contributed by atoms with Crippen molar-refractivity contribution < 1.29 is 18.3 Å². The predicted octanol–water partition coefficient (Wildman–Crippen LogP) is 2.96. The van der Waals surface area contributed by atoms with Crippen molar-refractivity contribution in [3.8, 4) is 11.3 Å². The lowest BCUT2D eigenvalue weighted by atomic mass is 10.2. The lowest BCUT2D eigenvalue weighted by Crippen LogP contribution is -2.23. The molecule has 1 N–H and O–H groups in total. The lowest BCUT2D eigenvalue weighted by Gasteiger charge is -2.11. The SMILES string of the molecule is CN(Cc1cc(-c2ccsc2)n(S(=O)(=O)c2cccnc2)c1)C(=O)O. The Morgan fingerprint density at radius 1 is 1.40 bits per heavy atom. The van der Waals surface area contributed by atoms with Gasteiger partial charge in [-0.1, -0.05) is 0 Å². The first-order valence-electron chi connectivity index (χ1n) is 7.23. The van der Waals surface area contributed by atoms with Gasteiger partial charge in [0.1, 0.15) is 4.90 Å². The van der Waals surface area contributed by atoms with Gasteiger partial charge in [-0.25, -0.2) is 17.2 Å². The van der Waals surface area contributed by atoms with Crippen LogP contribution in [-0.2, 0) is 16.6 Å². The van der Waals surface area contributed by atoms with Gasteiger partial charge in [-0.2, -0.15) is 11.3 Å². The maximum absolute atomic E-state index is 13.0. The van der Waals surface area contributed by atoms with E-state index in [1.165, 1.54) is 47.0 Å². The van der Waals surface area contributed by atoms with Gasteiger partial charge in [0.2, 0.25) is 0 Å². The zero-order chi connectivity index (χ0) is 18.0. The van der Waals surface area contributed by atoms with Crippen molar-refractivity contribution in [3.63, 3.8) is 0 Å². The Balaban J connectivity index is 2.11. The highest BCUT2D eigenvalue weighted by Crippen LogP contribution is 2.29. The van der Waals surface area contributed by atoms with Crippen LogP contribution in [0.4, 0.5) is 4.79 Å². The van der Waals surface area contributed by atoms with Crippen molar-refractivity contribution in [2.75, 3.05) is 7.05 Å². The molecule has 7 nitrogen and oxygen atoms in total. The van der Waals surface area contributed by atoms with Crippen molar-refractivity contribution in [1.29, 1.82) is 0 Å². The minimum Gasteiger partial charge on any atom is -0.465 e. The van der Waals surface area contributed by atoms with Gasteiger partial charge < -0.3 is 10.0 Å². The molecule has 0 atom stereocenters.